The van der Waals surface area contributed by atoms with Crippen molar-refractivity contribution >= 4 is 32.7 Å². The Balaban J connectivity index is 1.88. The summed E-state index contributed by atoms with van der Waals surface area (Å²) in [7, 11) is -4.56. The van der Waals surface area contributed by atoms with E-state index in [9.17, 15) is 26.8 Å². The van der Waals surface area contributed by atoms with Crippen molar-refractivity contribution in [2.24, 2.45) is 0 Å². The number of fused-ring (bicyclic) bond motifs is 1. The molecule has 1 aromatic heterocycles. The van der Waals surface area contributed by atoms with Crippen LogP contribution in [0, 0.1) is 11.6 Å². The molecule has 0 aliphatic rings. The van der Waals surface area contributed by atoms with Crippen molar-refractivity contribution in [1.82, 2.24) is 4.72 Å². The van der Waals surface area contributed by atoms with E-state index in [-0.39, 0.29) is 16.7 Å². The third-order valence-corrected chi connectivity index (χ3v) is 4.64. The normalized spacial score (nSPS) is 11.3. The maximum atomic E-state index is 13.1. The second-order valence-electron chi connectivity index (χ2n) is 5.14. The van der Waals surface area contributed by atoms with Crippen LogP contribution >= 0.6 is 0 Å². The molecule has 2 N–H and O–H groups in total. The van der Waals surface area contributed by atoms with E-state index in [0.29, 0.717) is 6.26 Å². The average molecular weight is 380 g/mol. The molecular weight excluding hydrogens is 370 g/mol. The van der Waals surface area contributed by atoms with Crippen molar-refractivity contribution in [3.8, 4) is 0 Å². The fraction of sp³-hybridized carbons (Fsp3) is 0. The van der Waals surface area contributed by atoms with Crippen molar-refractivity contribution in [2.75, 3.05) is 5.32 Å². The first kappa shape index (κ1) is 17.5. The van der Waals surface area contributed by atoms with Gasteiger partial charge in [-0.1, -0.05) is 0 Å². The van der Waals surface area contributed by atoms with Gasteiger partial charge in [-0.15, -0.1) is 0 Å². The zero-order valence-corrected chi connectivity index (χ0v) is 13.6. The Kier molecular flexibility index (Phi) is 4.43. The van der Waals surface area contributed by atoms with Gasteiger partial charge in [0.2, 0.25) is 5.43 Å². The first-order valence-electron chi connectivity index (χ1n) is 7.07. The third-order valence-electron chi connectivity index (χ3n) is 3.32. The number of nitrogens with one attached hydrogen (secondary N) is 2. The highest BCUT2D eigenvalue weighted by Gasteiger charge is 2.23. The lowest BCUT2D eigenvalue weighted by atomic mass is 10.2. The highest BCUT2D eigenvalue weighted by atomic mass is 32.2. The molecule has 0 fully saturated rings. The van der Waals surface area contributed by atoms with Crippen LogP contribution in [-0.2, 0) is 10.0 Å². The van der Waals surface area contributed by atoms with E-state index >= 15 is 0 Å². The van der Waals surface area contributed by atoms with Gasteiger partial charge in [-0.05, 0) is 36.4 Å². The fourth-order valence-corrected chi connectivity index (χ4v) is 3.07. The number of rotatable bonds is 3. The lowest BCUT2D eigenvalue weighted by Crippen LogP contribution is -2.36. The van der Waals surface area contributed by atoms with Crippen molar-refractivity contribution < 1.29 is 26.4 Å². The molecule has 0 aliphatic carbocycles. The SMILES string of the molecule is O=C(Nc1ccc(F)cc1)NS(=O)(=O)c1coc2cc(F)ccc2c1=O. The first-order valence-corrected chi connectivity index (χ1v) is 8.55. The number of hydrogen-bond donors (Lipinski definition) is 2. The summed E-state index contributed by atoms with van der Waals surface area (Å²) in [6.07, 6.45) is 0.623. The molecule has 0 bridgehead atoms. The highest BCUT2D eigenvalue weighted by Crippen LogP contribution is 2.15. The van der Waals surface area contributed by atoms with Crippen LogP contribution in [0.15, 0.2) is 62.8 Å². The summed E-state index contributed by atoms with van der Waals surface area (Å²) in [5, 5.41) is 2.02. The molecule has 0 saturated heterocycles. The van der Waals surface area contributed by atoms with Crippen LogP contribution in [0.1, 0.15) is 0 Å². The maximum absolute atomic E-state index is 13.1. The number of anilines is 1. The van der Waals surface area contributed by atoms with Crippen LogP contribution in [-0.4, -0.2) is 14.4 Å². The lowest BCUT2D eigenvalue weighted by molar-refractivity contribution is 0.256. The van der Waals surface area contributed by atoms with Gasteiger partial charge in [0, 0.05) is 11.8 Å². The van der Waals surface area contributed by atoms with Crippen LogP contribution in [0.4, 0.5) is 19.3 Å². The van der Waals surface area contributed by atoms with Crippen LogP contribution in [0.5, 0.6) is 0 Å². The summed E-state index contributed by atoms with van der Waals surface area (Å²) in [5.74, 6) is -1.19. The Labute approximate surface area is 145 Å². The van der Waals surface area contributed by atoms with Gasteiger partial charge < -0.3 is 9.73 Å². The van der Waals surface area contributed by atoms with Gasteiger partial charge in [0.1, 0.15) is 23.5 Å². The molecule has 0 saturated carbocycles. The van der Waals surface area contributed by atoms with Gasteiger partial charge >= 0.3 is 6.03 Å². The molecule has 0 atom stereocenters. The summed E-state index contributed by atoms with van der Waals surface area (Å²) < 4.78 is 57.1. The molecule has 0 radical (unpaired) electrons. The second kappa shape index (κ2) is 6.56. The molecule has 26 heavy (non-hydrogen) atoms. The zero-order chi connectivity index (χ0) is 18.9. The minimum absolute atomic E-state index is 0.135. The highest BCUT2D eigenvalue weighted by molar-refractivity contribution is 7.90. The number of benzene rings is 2. The molecule has 0 spiro atoms. The number of carbonyl (C=O) groups excluding carboxylic acids is 1. The number of halogens is 2. The van der Waals surface area contributed by atoms with Crippen molar-refractivity contribution in [2.45, 2.75) is 4.90 Å². The quantitative estimate of drug-likeness (QED) is 0.727. The Morgan fingerprint density at radius 1 is 1.00 bits per heavy atom. The second-order valence-corrected chi connectivity index (χ2v) is 6.79. The Morgan fingerprint density at radius 3 is 2.35 bits per heavy atom. The predicted molar refractivity (Wildman–Crippen MR) is 88.2 cm³/mol. The van der Waals surface area contributed by atoms with E-state index in [2.05, 4.69) is 5.32 Å². The van der Waals surface area contributed by atoms with E-state index in [0.717, 1.165) is 30.3 Å². The number of amides is 2. The molecule has 7 nitrogen and oxygen atoms in total. The van der Waals surface area contributed by atoms with Gasteiger partial charge in [0.05, 0.1) is 5.39 Å². The molecule has 0 aliphatic heterocycles. The topological polar surface area (TPSA) is 105 Å². The number of carbonyl (C=O) groups is 1. The first-order chi connectivity index (χ1) is 12.3. The van der Waals surface area contributed by atoms with E-state index in [1.165, 1.54) is 12.1 Å². The van der Waals surface area contributed by atoms with Gasteiger partial charge in [0.15, 0.2) is 4.90 Å². The summed E-state index contributed by atoms with van der Waals surface area (Å²) in [6.45, 7) is 0. The molecule has 1 heterocycles. The van der Waals surface area contributed by atoms with Gasteiger partial charge in [-0.25, -0.2) is 26.7 Å². The minimum Gasteiger partial charge on any atom is -0.463 e. The van der Waals surface area contributed by atoms with Gasteiger partial charge in [-0.3, -0.25) is 4.79 Å². The molecule has 3 rings (SSSR count). The largest absolute Gasteiger partial charge is 0.463 e. The zero-order valence-electron chi connectivity index (χ0n) is 12.8. The maximum Gasteiger partial charge on any atom is 0.333 e. The molecule has 0 unspecified atom stereocenters. The van der Waals surface area contributed by atoms with Gasteiger partial charge in [-0.2, -0.15) is 0 Å². The third kappa shape index (κ3) is 3.54. The molecular formula is C16H10F2N2O5S. The standard InChI is InChI=1S/C16H10F2N2O5S/c17-9-1-4-11(5-2-9)19-16(22)20-26(23,24)14-8-25-13-7-10(18)3-6-12(13)15(14)21/h1-8H,(H2,19,20,22). The molecule has 10 heteroatoms. The number of sulfonamides is 1. The summed E-state index contributed by atoms with van der Waals surface area (Å²) >= 11 is 0. The summed E-state index contributed by atoms with van der Waals surface area (Å²) in [4.78, 5) is 23.3. The Morgan fingerprint density at radius 2 is 1.65 bits per heavy atom. The number of hydrogen-bond acceptors (Lipinski definition) is 5. The fourth-order valence-electron chi connectivity index (χ4n) is 2.14. The average Bonchev–Trinajstić information content (AvgIpc) is 2.56. The van der Waals surface area contributed by atoms with E-state index in [1.54, 1.807) is 4.72 Å². The van der Waals surface area contributed by atoms with Gasteiger partial charge in [0.25, 0.3) is 10.0 Å². The van der Waals surface area contributed by atoms with Crippen molar-refractivity contribution in [1.29, 1.82) is 0 Å². The number of urea groups is 1. The Hall–Kier alpha value is -3.27. The van der Waals surface area contributed by atoms with Crippen LogP contribution in [0.2, 0.25) is 0 Å². The lowest BCUT2D eigenvalue weighted by Gasteiger charge is -2.08. The smallest absolute Gasteiger partial charge is 0.333 e. The molecule has 2 amide bonds. The summed E-state index contributed by atoms with van der Waals surface area (Å²) in [5.41, 5.74) is -0.946. The molecule has 3 aromatic rings. The molecule has 134 valence electrons. The monoisotopic (exact) mass is 380 g/mol. The van der Waals surface area contributed by atoms with E-state index in [4.69, 9.17) is 4.42 Å². The van der Waals surface area contributed by atoms with Crippen LogP contribution in [0.25, 0.3) is 11.0 Å². The molecule has 2 aromatic carbocycles. The van der Waals surface area contributed by atoms with E-state index < -0.39 is 38.0 Å². The van der Waals surface area contributed by atoms with Crippen LogP contribution in [0.3, 0.4) is 0 Å². The van der Waals surface area contributed by atoms with Crippen molar-refractivity contribution in [3.05, 3.63) is 70.6 Å². The van der Waals surface area contributed by atoms with Crippen molar-refractivity contribution in [3.63, 3.8) is 0 Å². The minimum atomic E-state index is -4.56. The summed E-state index contributed by atoms with van der Waals surface area (Å²) in [6, 6.07) is 6.42. The van der Waals surface area contributed by atoms with Crippen LogP contribution < -0.4 is 15.5 Å². The Bertz CT molecular complexity index is 1160. The van der Waals surface area contributed by atoms with E-state index in [1.807, 2.05) is 0 Å². The predicted octanol–water partition coefficient (Wildman–Crippen LogP) is 2.58.